The Bertz CT molecular complexity index is 599. The molecule has 0 spiro atoms. The number of amides is 1. The quantitative estimate of drug-likeness (QED) is 0.816. The Hall–Kier alpha value is -1.63. The lowest BCUT2D eigenvalue weighted by Crippen LogP contribution is -2.12. The third-order valence-electron chi connectivity index (χ3n) is 2.34. The van der Waals surface area contributed by atoms with Crippen LogP contribution in [0.25, 0.3) is 0 Å². The highest BCUT2D eigenvalue weighted by atomic mass is 127. The lowest BCUT2D eigenvalue weighted by Gasteiger charge is -2.06. The van der Waals surface area contributed by atoms with Crippen LogP contribution in [0.2, 0.25) is 0 Å². The van der Waals surface area contributed by atoms with Gasteiger partial charge in [0.15, 0.2) is 0 Å². The fourth-order valence-corrected chi connectivity index (χ4v) is 1.82. The number of hydrogen-bond donors (Lipinski definition) is 2. The monoisotopic (exact) mass is 354 g/mol. The zero-order valence-corrected chi connectivity index (χ0v) is 11.8. The summed E-state index contributed by atoms with van der Waals surface area (Å²) in [6.45, 7) is 1.90. The second-order valence-electron chi connectivity index (χ2n) is 3.87. The van der Waals surface area contributed by atoms with Gasteiger partial charge in [-0.3, -0.25) is 9.78 Å². The number of nitrogens with zero attached hydrogens (tertiary/aromatic N) is 1. The fourth-order valence-electron chi connectivity index (χ4n) is 1.48. The number of aryl methyl sites for hydroxylation is 1. The molecule has 0 atom stereocenters. The van der Waals surface area contributed by atoms with E-state index in [1.165, 1.54) is 6.07 Å². The molecule has 0 saturated heterocycles. The van der Waals surface area contributed by atoms with Crippen LogP contribution >= 0.6 is 22.6 Å². The van der Waals surface area contributed by atoms with E-state index in [0.29, 0.717) is 14.8 Å². The molecule has 1 aromatic heterocycles. The van der Waals surface area contributed by atoms with E-state index in [-0.39, 0.29) is 11.7 Å². The highest BCUT2D eigenvalue weighted by molar-refractivity contribution is 14.1. The Labute approximate surface area is 118 Å². The Morgan fingerprint density at radius 3 is 2.78 bits per heavy atom. The van der Waals surface area contributed by atoms with E-state index in [0.717, 1.165) is 5.56 Å². The van der Waals surface area contributed by atoms with E-state index < -0.39 is 0 Å². The maximum atomic E-state index is 11.9. The van der Waals surface area contributed by atoms with Crippen LogP contribution in [0.1, 0.15) is 15.9 Å². The van der Waals surface area contributed by atoms with Crippen molar-refractivity contribution in [1.82, 2.24) is 4.98 Å². The minimum absolute atomic E-state index is 0.102. The molecule has 5 heteroatoms. The standard InChI is InChI=1S/C13H11IN2O2/c1-8-4-10(7-15-6-8)16-13(18)9-2-3-11(14)12(17)5-9/h2-7,17H,1H3,(H,16,18). The molecule has 18 heavy (non-hydrogen) atoms. The van der Waals surface area contributed by atoms with E-state index in [1.54, 1.807) is 24.5 Å². The number of pyridine rings is 1. The van der Waals surface area contributed by atoms with Crippen molar-refractivity contribution in [2.45, 2.75) is 6.92 Å². The summed E-state index contributed by atoms with van der Waals surface area (Å²) in [5.41, 5.74) is 2.02. The lowest BCUT2D eigenvalue weighted by molar-refractivity contribution is 0.102. The van der Waals surface area contributed by atoms with Crippen molar-refractivity contribution in [2.75, 3.05) is 5.32 Å². The molecule has 92 valence electrons. The molecule has 0 saturated carbocycles. The molecule has 2 N–H and O–H groups in total. The van der Waals surface area contributed by atoms with E-state index >= 15 is 0 Å². The van der Waals surface area contributed by atoms with Gasteiger partial charge in [-0.15, -0.1) is 0 Å². The van der Waals surface area contributed by atoms with E-state index in [9.17, 15) is 9.90 Å². The third-order valence-corrected chi connectivity index (χ3v) is 3.25. The van der Waals surface area contributed by atoms with Crippen molar-refractivity contribution < 1.29 is 9.90 Å². The number of halogens is 1. The second-order valence-corrected chi connectivity index (χ2v) is 5.03. The van der Waals surface area contributed by atoms with Gasteiger partial charge in [-0.2, -0.15) is 0 Å². The number of carbonyl (C=O) groups is 1. The first-order chi connectivity index (χ1) is 8.56. The van der Waals surface area contributed by atoms with Crippen molar-refractivity contribution in [2.24, 2.45) is 0 Å². The highest BCUT2D eigenvalue weighted by Gasteiger charge is 2.08. The van der Waals surface area contributed by atoms with Crippen molar-refractivity contribution in [1.29, 1.82) is 0 Å². The topological polar surface area (TPSA) is 62.2 Å². The maximum Gasteiger partial charge on any atom is 0.255 e. The molecule has 0 aliphatic rings. The number of aromatic nitrogens is 1. The normalized spacial score (nSPS) is 10.1. The van der Waals surface area contributed by atoms with Crippen LogP contribution in [0, 0.1) is 10.5 Å². The number of nitrogens with one attached hydrogen (secondary N) is 1. The van der Waals surface area contributed by atoms with Gasteiger partial charge in [0.25, 0.3) is 5.91 Å². The molecule has 1 heterocycles. The van der Waals surface area contributed by atoms with Crippen LogP contribution in [-0.2, 0) is 0 Å². The van der Waals surface area contributed by atoms with Crippen LogP contribution < -0.4 is 5.32 Å². The summed E-state index contributed by atoms with van der Waals surface area (Å²) in [6, 6.07) is 6.64. The van der Waals surface area contributed by atoms with E-state index in [2.05, 4.69) is 10.3 Å². The summed E-state index contributed by atoms with van der Waals surface area (Å²) >= 11 is 2.00. The Morgan fingerprint density at radius 1 is 1.33 bits per heavy atom. The van der Waals surface area contributed by atoms with Gasteiger partial charge in [-0.25, -0.2) is 0 Å². The first-order valence-electron chi connectivity index (χ1n) is 5.28. The van der Waals surface area contributed by atoms with Crippen LogP contribution in [0.3, 0.4) is 0 Å². The molecule has 1 aromatic carbocycles. The van der Waals surface area contributed by atoms with Crippen LogP contribution in [0.15, 0.2) is 36.7 Å². The largest absolute Gasteiger partial charge is 0.507 e. The third kappa shape index (κ3) is 2.98. The van der Waals surface area contributed by atoms with Crippen molar-refractivity contribution >= 4 is 34.2 Å². The van der Waals surface area contributed by atoms with Gasteiger partial charge in [0.1, 0.15) is 5.75 Å². The van der Waals surface area contributed by atoms with Crippen molar-refractivity contribution in [3.05, 3.63) is 51.4 Å². The minimum Gasteiger partial charge on any atom is -0.507 e. The zero-order chi connectivity index (χ0) is 13.1. The number of rotatable bonds is 2. The number of hydrogen-bond acceptors (Lipinski definition) is 3. The summed E-state index contributed by atoms with van der Waals surface area (Å²) in [4.78, 5) is 15.9. The maximum absolute atomic E-state index is 11.9. The summed E-state index contributed by atoms with van der Waals surface area (Å²) in [5, 5.41) is 12.3. The van der Waals surface area contributed by atoms with Gasteiger partial charge in [0.05, 0.1) is 15.5 Å². The second kappa shape index (κ2) is 5.34. The van der Waals surface area contributed by atoms with Gasteiger partial charge >= 0.3 is 0 Å². The Kier molecular flexibility index (Phi) is 3.81. The van der Waals surface area contributed by atoms with Crippen LogP contribution in [0.5, 0.6) is 5.75 Å². The fraction of sp³-hybridized carbons (Fsp3) is 0.0769. The lowest BCUT2D eigenvalue weighted by atomic mass is 10.2. The first-order valence-corrected chi connectivity index (χ1v) is 6.35. The number of phenols is 1. The van der Waals surface area contributed by atoms with Gasteiger partial charge < -0.3 is 10.4 Å². The first kappa shape index (κ1) is 12.8. The number of anilines is 1. The molecule has 0 radical (unpaired) electrons. The number of benzene rings is 1. The van der Waals surface area contributed by atoms with Crippen molar-refractivity contribution in [3.63, 3.8) is 0 Å². The molecule has 0 bridgehead atoms. The smallest absolute Gasteiger partial charge is 0.255 e. The van der Waals surface area contributed by atoms with Gasteiger partial charge in [0.2, 0.25) is 0 Å². The molecule has 2 aromatic rings. The predicted molar refractivity (Wildman–Crippen MR) is 77.8 cm³/mol. The molecule has 0 unspecified atom stereocenters. The van der Waals surface area contributed by atoms with Crippen molar-refractivity contribution in [3.8, 4) is 5.75 Å². The zero-order valence-electron chi connectivity index (χ0n) is 9.64. The minimum atomic E-state index is -0.269. The average Bonchev–Trinajstić information content (AvgIpc) is 2.32. The predicted octanol–water partition coefficient (Wildman–Crippen LogP) is 2.95. The Morgan fingerprint density at radius 2 is 2.11 bits per heavy atom. The van der Waals surface area contributed by atoms with E-state index in [1.807, 2.05) is 35.6 Å². The molecule has 0 fully saturated rings. The molecule has 0 aliphatic heterocycles. The van der Waals surface area contributed by atoms with Crippen LogP contribution in [0.4, 0.5) is 5.69 Å². The molecule has 2 rings (SSSR count). The summed E-state index contributed by atoms with van der Waals surface area (Å²) in [5.74, 6) is -0.167. The molecular weight excluding hydrogens is 343 g/mol. The van der Waals surface area contributed by atoms with E-state index in [4.69, 9.17) is 0 Å². The molecule has 0 aliphatic carbocycles. The Balaban J connectivity index is 2.19. The average molecular weight is 354 g/mol. The number of phenolic OH excluding ortho intramolecular Hbond substituents is 1. The van der Waals surface area contributed by atoms with Gasteiger partial charge in [-0.1, -0.05) is 0 Å². The summed E-state index contributed by atoms with van der Waals surface area (Å²) in [7, 11) is 0. The number of aromatic hydroxyl groups is 1. The molecule has 1 amide bonds. The molecular formula is C13H11IN2O2. The number of carbonyl (C=O) groups excluding carboxylic acids is 1. The van der Waals surface area contributed by atoms with Gasteiger partial charge in [0, 0.05) is 11.8 Å². The van der Waals surface area contributed by atoms with Crippen LogP contribution in [-0.4, -0.2) is 16.0 Å². The van der Waals surface area contributed by atoms with Gasteiger partial charge in [-0.05, 0) is 59.3 Å². The highest BCUT2D eigenvalue weighted by Crippen LogP contribution is 2.21. The summed E-state index contributed by atoms with van der Waals surface area (Å²) < 4.78 is 0.710. The summed E-state index contributed by atoms with van der Waals surface area (Å²) in [6.07, 6.45) is 3.30. The molecule has 4 nitrogen and oxygen atoms in total. The SMILES string of the molecule is Cc1cncc(NC(=O)c2ccc(I)c(O)c2)c1.